The summed E-state index contributed by atoms with van der Waals surface area (Å²) in [5.74, 6) is -1.35. The van der Waals surface area contributed by atoms with Crippen molar-refractivity contribution in [3.05, 3.63) is 48.2 Å². The first-order valence-corrected chi connectivity index (χ1v) is 8.44. The smallest absolute Gasteiger partial charge is 0.250 e. The van der Waals surface area contributed by atoms with Gasteiger partial charge < -0.3 is 15.5 Å². The number of H-pyrrole nitrogens is 1. The topological polar surface area (TPSA) is 118 Å². The maximum absolute atomic E-state index is 14.4. The molecule has 28 heavy (non-hydrogen) atoms. The van der Waals surface area contributed by atoms with Gasteiger partial charge in [-0.1, -0.05) is 0 Å². The number of hydrogen-bond donors (Lipinski definition) is 2. The molecule has 0 unspecified atom stereocenters. The molecule has 1 amide bonds. The summed E-state index contributed by atoms with van der Waals surface area (Å²) in [4.78, 5) is 22.3. The summed E-state index contributed by atoms with van der Waals surface area (Å²) in [6.45, 7) is 3.42. The van der Waals surface area contributed by atoms with E-state index >= 15 is 0 Å². The van der Waals surface area contributed by atoms with Crippen LogP contribution >= 0.6 is 0 Å². The Hall–Kier alpha value is -3.73. The maximum atomic E-state index is 14.4. The van der Waals surface area contributed by atoms with Gasteiger partial charge in [-0.25, -0.2) is 14.4 Å². The van der Waals surface area contributed by atoms with Gasteiger partial charge in [0.25, 0.3) is 0 Å². The summed E-state index contributed by atoms with van der Waals surface area (Å²) < 4.78 is 19.7. The molecule has 0 aliphatic carbocycles. The Morgan fingerprint density at radius 3 is 2.75 bits per heavy atom. The molecule has 0 aliphatic heterocycles. The van der Waals surface area contributed by atoms with Crippen molar-refractivity contribution < 1.29 is 13.9 Å². The molecule has 0 fully saturated rings. The standard InChI is InChI=1S/C20H18FN5O2/c1-20(2,10-22)11-28-19-16(21)6-14(9-26-19)13-5-15-12(3-4-17(23)27)7-24-18(15)25-8-13/h3-9H,11H2,1-2H3,(H2,23,27)(H,24,25)/b4-3+. The van der Waals surface area contributed by atoms with Crippen molar-refractivity contribution in [2.45, 2.75) is 13.8 Å². The summed E-state index contributed by atoms with van der Waals surface area (Å²) in [6, 6.07) is 5.20. The molecule has 3 N–H and O–H groups in total. The van der Waals surface area contributed by atoms with Crippen LogP contribution in [0.15, 0.2) is 36.8 Å². The van der Waals surface area contributed by atoms with E-state index in [1.165, 1.54) is 18.3 Å². The highest BCUT2D eigenvalue weighted by Gasteiger charge is 2.19. The molecule has 3 aromatic heterocycles. The highest BCUT2D eigenvalue weighted by Crippen LogP contribution is 2.28. The molecule has 0 radical (unpaired) electrons. The second kappa shape index (κ2) is 7.48. The van der Waals surface area contributed by atoms with Crippen LogP contribution in [0.5, 0.6) is 5.88 Å². The summed E-state index contributed by atoms with van der Waals surface area (Å²) >= 11 is 0. The number of carbonyl (C=O) groups is 1. The highest BCUT2D eigenvalue weighted by atomic mass is 19.1. The van der Waals surface area contributed by atoms with Crippen molar-refractivity contribution in [2.75, 3.05) is 6.61 Å². The number of pyridine rings is 2. The first-order valence-electron chi connectivity index (χ1n) is 8.44. The van der Waals surface area contributed by atoms with Crippen molar-refractivity contribution >= 4 is 23.0 Å². The van der Waals surface area contributed by atoms with E-state index in [-0.39, 0.29) is 12.5 Å². The van der Waals surface area contributed by atoms with Gasteiger partial charge in [-0.15, -0.1) is 0 Å². The summed E-state index contributed by atoms with van der Waals surface area (Å²) in [6.07, 6.45) is 7.61. The Morgan fingerprint density at radius 2 is 2.07 bits per heavy atom. The Balaban J connectivity index is 1.90. The molecule has 0 spiro atoms. The van der Waals surface area contributed by atoms with Crippen LogP contribution in [0.4, 0.5) is 4.39 Å². The van der Waals surface area contributed by atoms with Gasteiger partial charge in [0.05, 0.1) is 11.5 Å². The number of nitrogens with zero attached hydrogens (tertiary/aromatic N) is 3. The average Bonchev–Trinajstić information content (AvgIpc) is 3.07. The van der Waals surface area contributed by atoms with E-state index in [0.29, 0.717) is 16.8 Å². The number of rotatable bonds is 6. The van der Waals surface area contributed by atoms with Gasteiger partial charge in [0.15, 0.2) is 5.82 Å². The fourth-order valence-corrected chi connectivity index (χ4v) is 2.46. The molecule has 142 valence electrons. The highest BCUT2D eigenvalue weighted by molar-refractivity contribution is 5.95. The van der Waals surface area contributed by atoms with Crippen LogP contribution in [-0.2, 0) is 4.79 Å². The third-order valence-electron chi connectivity index (χ3n) is 4.00. The van der Waals surface area contributed by atoms with Gasteiger partial charge in [0, 0.05) is 46.7 Å². The largest absolute Gasteiger partial charge is 0.474 e. The maximum Gasteiger partial charge on any atom is 0.250 e. The number of fused-ring (bicyclic) bond motifs is 1. The molecule has 0 saturated heterocycles. The number of aromatic nitrogens is 3. The molecule has 0 aromatic carbocycles. The molecule has 3 heterocycles. The van der Waals surface area contributed by atoms with Gasteiger partial charge in [0.2, 0.25) is 11.8 Å². The van der Waals surface area contributed by atoms with Gasteiger partial charge in [0.1, 0.15) is 12.3 Å². The lowest BCUT2D eigenvalue weighted by molar-refractivity contribution is -0.113. The number of nitriles is 1. The van der Waals surface area contributed by atoms with Crippen LogP contribution in [0.1, 0.15) is 19.4 Å². The van der Waals surface area contributed by atoms with Crippen LogP contribution in [0.3, 0.4) is 0 Å². The second-order valence-corrected chi connectivity index (χ2v) is 6.90. The molecular formula is C20H18FN5O2. The van der Waals surface area contributed by atoms with Gasteiger partial charge in [-0.3, -0.25) is 4.79 Å². The van der Waals surface area contributed by atoms with Crippen LogP contribution < -0.4 is 10.5 Å². The Bertz CT molecular complexity index is 1110. The third kappa shape index (κ3) is 4.15. The summed E-state index contributed by atoms with van der Waals surface area (Å²) in [5.41, 5.74) is 6.91. The number of nitrogens with one attached hydrogen (secondary N) is 1. The molecule has 0 aliphatic rings. The van der Waals surface area contributed by atoms with E-state index in [0.717, 1.165) is 10.9 Å². The monoisotopic (exact) mass is 379 g/mol. The number of carbonyl (C=O) groups excluding carboxylic acids is 1. The predicted octanol–water partition coefficient (Wildman–Crippen LogP) is 3.19. The zero-order valence-electron chi connectivity index (χ0n) is 15.4. The van der Waals surface area contributed by atoms with Crippen LogP contribution in [0.25, 0.3) is 28.2 Å². The van der Waals surface area contributed by atoms with E-state index in [1.807, 2.05) is 6.07 Å². The van der Waals surface area contributed by atoms with Crippen molar-refractivity contribution in [2.24, 2.45) is 11.1 Å². The normalized spacial score (nSPS) is 11.6. The molecule has 0 atom stereocenters. The number of primary amides is 1. The Morgan fingerprint density at radius 1 is 1.36 bits per heavy atom. The van der Waals surface area contributed by atoms with Crippen molar-refractivity contribution in [3.8, 4) is 23.1 Å². The predicted molar refractivity (Wildman–Crippen MR) is 102 cm³/mol. The third-order valence-corrected chi connectivity index (χ3v) is 4.00. The first-order chi connectivity index (χ1) is 13.3. The van der Waals surface area contributed by atoms with Crippen molar-refractivity contribution in [1.29, 1.82) is 5.26 Å². The molecule has 8 heteroatoms. The van der Waals surface area contributed by atoms with E-state index in [9.17, 15) is 9.18 Å². The SMILES string of the molecule is CC(C)(C#N)COc1ncc(-c2cnc3[nH]cc(/C=C/C(N)=O)c3c2)cc1F. The second-order valence-electron chi connectivity index (χ2n) is 6.90. The lowest BCUT2D eigenvalue weighted by Gasteiger charge is -2.16. The number of ether oxygens (including phenoxy) is 1. The zero-order chi connectivity index (χ0) is 20.3. The van der Waals surface area contributed by atoms with E-state index in [1.54, 1.807) is 32.3 Å². The average molecular weight is 379 g/mol. The van der Waals surface area contributed by atoms with E-state index < -0.39 is 17.1 Å². The fourth-order valence-electron chi connectivity index (χ4n) is 2.46. The van der Waals surface area contributed by atoms with E-state index in [2.05, 4.69) is 21.0 Å². The first kappa shape index (κ1) is 19.0. The minimum Gasteiger partial charge on any atom is -0.474 e. The lowest BCUT2D eigenvalue weighted by atomic mass is 9.98. The molecule has 7 nitrogen and oxygen atoms in total. The van der Waals surface area contributed by atoms with Gasteiger partial charge >= 0.3 is 0 Å². The number of amides is 1. The Labute approximate surface area is 160 Å². The molecule has 3 rings (SSSR count). The van der Waals surface area contributed by atoms with Crippen molar-refractivity contribution in [3.63, 3.8) is 0 Å². The number of nitrogens with two attached hydrogens (primary N) is 1. The van der Waals surface area contributed by atoms with Crippen LogP contribution in [-0.4, -0.2) is 27.5 Å². The van der Waals surface area contributed by atoms with Gasteiger partial charge in [-0.05, 0) is 32.1 Å². The summed E-state index contributed by atoms with van der Waals surface area (Å²) in [7, 11) is 0. The van der Waals surface area contributed by atoms with E-state index in [4.69, 9.17) is 15.7 Å². The fraction of sp³-hybridized carbons (Fsp3) is 0.200. The minimum atomic E-state index is -0.745. The Kier molecular flexibility index (Phi) is 5.09. The quantitative estimate of drug-likeness (QED) is 0.638. The summed E-state index contributed by atoms with van der Waals surface area (Å²) in [5, 5.41) is 9.77. The van der Waals surface area contributed by atoms with Crippen LogP contribution in [0, 0.1) is 22.6 Å². The van der Waals surface area contributed by atoms with Crippen LogP contribution in [0.2, 0.25) is 0 Å². The van der Waals surface area contributed by atoms with Crippen molar-refractivity contribution in [1.82, 2.24) is 15.0 Å². The molecule has 0 saturated carbocycles. The number of aromatic amines is 1. The minimum absolute atomic E-state index is 0.0270. The zero-order valence-corrected chi connectivity index (χ0v) is 15.4. The molecular weight excluding hydrogens is 361 g/mol. The number of hydrogen-bond acceptors (Lipinski definition) is 5. The van der Waals surface area contributed by atoms with Gasteiger partial charge in [-0.2, -0.15) is 5.26 Å². The number of halogens is 1. The molecule has 0 bridgehead atoms. The lowest BCUT2D eigenvalue weighted by Crippen LogP contribution is -2.19. The molecule has 3 aromatic rings.